The molecule has 2 N–H and O–H groups in total. The highest BCUT2D eigenvalue weighted by Gasteiger charge is 2.05. The third-order valence-corrected chi connectivity index (χ3v) is 3.41. The number of thiocarbonyl (C=S) groups is 1. The van der Waals surface area contributed by atoms with Crippen LogP contribution in [0.2, 0.25) is 0 Å². The van der Waals surface area contributed by atoms with Gasteiger partial charge in [0.15, 0.2) is 5.11 Å². The Morgan fingerprint density at radius 1 is 1.41 bits per heavy atom. The summed E-state index contributed by atoms with van der Waals surface area (Å²) in [5.74, 6) is 0.955. The number of nitrogens with one attached hydrogen (secondary N) is 2. The van der Waals surface area contributed by atoms with Gasteiger partial charge < -0.3 is 14.5 Å². The van der Waals surface area contributed by atoms with E-state index in [-0.39, 0.29) is 11.0 Å². The Morgan fingerprint density at radius 3 is 2.86 bits per heavy atom. The quantitative estimate of drug-likeness (QED) is 0.626. The van der Waals surface area contributed by atoms with Crippen LogP contribution in [0.3, 0.4) is 0 Å². The van der Waals surface area contributed by atoms with Gasteiger partial charge in [0.2, 0.25) is 5.91 Å². The first-order valence-corrected chi connectivity index (χ1v) is 7.45. The molecule has 0 atom stereocenters. The highest BCUT2D eigenvalue weighted by atomic mass is 79.9. The van der Waals surface area contributed by atoms with E-state index in [2.05, 4.69) is 26.6 Å². The van der Waals surface area contributed by atoms with Crippen molar-refractivity contribution in [1.82, 2.24) is 5.32 Å². The number of rotatable bonds is 4. The molecule has 0 spiro atoms. The summed E-state index contributed by atoms with van der Waals surface area (Å²) in [7, 11) is 1.59. The van der Waals surface area contributed by atoms with Gasteiger partial charge in [-0.25, -0.2) is 0 Å². The molecule has 0 bridgehead atoms. The second-order valence-corrected chi connectivity index (χ2v) is 5.40. The van der Waals surface area contributed by atoms with Crippen LogP contribution in [0.25, 0.3) is 6.08 Å². The first-order chi connectivity index (χ1) is 10.6. The molecule has 1 aromatic heterocycles. The van der Waals surface area contributed by atoms with Crippen LogP contribution >= 0.6 is 28.1 Å². The number of furan rings is 1. The molecule has 0 radical (unpaired) electrons. The molecule has 2 rings (SSSR count). The van der Waals surface area contributed by atoms with Gasteiger partial charge in [0.25, 0.3) is 0 Å². The number of carbonyl (C=O) groups is 1. The van der Waals surface area contributed by atoms with Crippen molar-refractivity contribution < 1.29 is 13.9 Å². The monoisotopic (exact) mass is 380 g/mol. The van der Waals surface area contributed by atoms with E-state index in [9.17, 15) is 4.79 Å². The first-order valence-electron chi connectivity index (χ1n) is 6.25. The van der Waals surface area contributed by atoms with Gasteiger partial charge in [0, 0.05) is 11.8 Å². The average molecular weight is 381 g/mol. The molecule has 1 heterocycles. The topological polar surface area (TPSA) is 63.5 Å². The van der Waals surface area contributed by atoms with E-state index in [1.54, 1.807) is 43.5 Å². The molecule has 0 fully saturated rings. The molecule has 22 heavy (non-hydrogen) atoms. The van der Waals surface area contributed by atoms with E-state index in [0.29, 0.717) is 11.5 Å². The van der Waals surface area contributed by atoms with Crippen molar-refractivity contribution in [3.05, 3.63) is 52.9 Å². The summed E-state index contributed by atoms with van der Waals surface area (Å²) in [5.41, 5.74) is 0.730. The molecule has 0 saturated heterocycles. The molecule has 1 aromatic carbocycles. The van der Waals surface area contributed by atoms with Crippen molar-refractivity contribution in [3.63, 3.8) is 0 Å². The van der Waals surface area contributed by atoms with Gasteiger partial charge in [0.05, 0.1) is 17.8 Å². The molecular formula is C15H13BrN2O3S. The lowest BCUT2D eigenvalue weighted by Gasteiger charge is -2.10. The van der Waals surface area contributed by atoms with Crippen LogP contribution in [0.1, 0.15) is 5.76 Å². The minimum absolute atomic E-state index is 0.200. The predicted molar refractivity (Wildman–Crippen MR) is 92.8 cm³/mol. The summed E-state index contributed by atoms with van der Waals surface area (Å²) in [5, 5.41) is 5.66. The van der Waals surface area contributed by atoms with Gasteiger partial charge in [0.1, 0.15) is 11.5 Å². The fraction of sp³-hybridized carbons (Fsp3) is 0.0667. The van der Waals surface area contributed by atoms with E-state index in [1.807, 2.05) is 0 Å². The zero-order valence-corrected chi connectivity index (χ0v) is 14.0. The number of carbonyl (C=O) groups excluding carboxylic acids is 1. The summed E-state index contributed by atoms with van der Waals surface area (Å²) in [6, 6.07) is 8.87. The summed E-state index contributed by atoms with van der Waals surface area (Å²) in [6.45, 7) is 0. The largest absolute Gasteiger partial charge is 0.496 e. The van der Waals surface area contributed by atoms with Crippen LogP contribution in [0.5, 0.6) is 5.75 Å². The second kappa shape index (κ2) is 7.77. The van der Waals surface area contributed by atoms with Crippen LogP contribution in [-0.4, -0.2) is 18.1 Å². The molecule has 7 heteroatoms. The lowest BCUT2D eigenvalue weighted by Crippen LogP contribution is -2.32. The Balaban J connectivity index is 1.89. The highest BCUT2D eigenvalue weighted by molar-refractivity contribution is 9.10. The number of hydrogen-bond donors (Lipinski definition) is 2. The third kappa shape index (κ3) is 4.71. The van der Waals surface area contributed by atoms with Crippen molar-refractivity contribution >= 4 is 50.9 Å². The summed E-state index contributed by atoms with van der Waals surface area (Å²) >= 11 is 8.46. The Kier molecular flexibility index (Phi) is 5.74. The summed E-state index contributed by atoms with van der Waals surface area (Å²) in [6.07, 6.45) is 4.43. The van der Waals surface area contributed by atoms with Gasteiger partial charge in [-0.15, -0.1) is 0 Å². The fourth-order valence-electron chi connectivity index (χ4n) is 1.60. The van der Waals surface area contributed by atoms with Gasteiger partial charge in [-0.05, 0) is 64.6 Å². The van der Waals surface area contributed by atoms with E-state index in [0.717, 1.165) is 10.2 Å². The van der Waals surface area contributed by atoms with Gasteiger partial charge in [-0.1, -0.05) is 0 Å². The zero-order chi connectivity index (χ0) is 15.9. The SMILES string of the molecule is COc1ccc(NC(=S)NC(=O)/C=C/c2ccco2)cc1Br. The van der Waals surface area contributed by atoms with Crippen LogP contribution in [0, 0.1) is 0 Å². The van der Waals surface area contributed by atoms with Crippen LogP contribution in [0.15, 0.2) is 51.6 Å². The molecule has 0 aliphatic carbocycles. The molecule has 0 aliphatic heterocycles. The molecule has 114 valence electrons. The van der Waals surface area contributed by atoms with Crippen molar-refractivity contribution in [3.8, 4) is 5.75 Å². The summed E-state index contributed by atoms with van der Waals surface area (Å²) in [4.78, 5) is 11.7. The van der Waals surface area contributed by atoms with Crippen molar-refractivity contribution in [2.45, 2.75) is 0 Å². The zero-order valence-electron chi connectivity index (χ0n) is 11.6. The number of amides is 1. The Bertz CT molecular complexity index is 699. The van der Waals surface area contributed by atoms with E-state index in [1.165, 1.54) is 12.3 Å². The number of benzene rings is 1. The lowest BCUT2D eigenvalue weighted by atomic mass is 10.3. The minimum atomic E-state index is -0.346. The molecule has 2 aromatic rings. The lowest BCUT2D eigenvalue weighted by molar-refractivity contribution is -0.115. The molecule has 0 aliphatic rings. The number of anilines is 1. The van der Waals surface area contributed by atoms with Crippen LogP contribution < -0.4 is 15.4 Å². The summed E-state index contributed by atoms with van der Waals surface area (Å²) < 4.78 is 11.0. The number of ether oxygens (including phenoxy) is 1. The Labute approximate surface area is 141 Å². The molecule has 0 saturated carbocycles. The van der Waals surface area contributed by atoms with Crippen molar-refractivity contribution in [2.24, 2.45) is 0 Å². The highest BCUT2D eigenvalue weighted by Crippen LogP contribution is 2.27. The normalized spacial score (nSPS) is 10.5. The fourth-order valence-corrected chi connectivity index (χ4v) is 2.36. The number of methoxy groups -OCH3 is 1. The first kappa shape index (κ1) is 16.3. The molecule has 0 unspecified atom stereocenters. The molecule has 1 amide bonds. The van der Waals surface area contributed by atoms with Crippen LogP contribution in [-0.2, 0) is 4.79 Å². The van der Waals surface area contributed by atoms with E-state index < -0.39 is 0 Å². The van der Waals surface area contributed by atoms with Crippen LogP contribution in [0.4, 0.5) is 5.69 Å². The van der Waals surface area contributed by atoms with Crippen molar-refractivity contribution in [2.75, 3.05) is 12.4 Å². The van der Waals surface area contributed by atoms with Gasteiger partial charge in [-0.3, -0.25) is 10.1 Å². The number of halogens is 1. The molecular weight excluding hydrogens is 368 g/mol. The predicted octanol–water partition coefficient (Wildman–Crippen LogP) is 3.58. The minimum Gasteiger partial charge on any atom is -0.496 e. The maximum Gasteiger partial charge on any atom is 0.250 e. The standard InChI is InChI=1S/C15H13BrN2O3S/c1-20-13-6-4-10(9-12(13)16)17-15(22)18-14(19)7-5-11-3-2-8-21-11/h2-9H,1H3,(H2,17,18,19,22)/b7-5+. The third-order valence-electron chi connectivity index (χ3n) is 2.59. The number of hydrogen-bond acceptors (Lipinski definition) is 4. The second-order valence-electron chi connectivity index (χ2n) is 4.14. The van der Waals surface area contributed by atoms with E-state index in [4.69, 9.17) is 21.4 Å². The average Bonchev–Trinajstić information content (AvgIpc) is 2.98. The maximum absolute atomic E-state index is 11.7. The molecule has 5 nitrogen and oxygen atoms in total. The Hall–Kier alpha value is -2.12. The van der Waals surface area contributed by atoms with Gasteiger partial charge in [-0.2, -0.15) is 0 Å². The Morgan fingerprint density at radius 2 is 2.23 bits per heavy atom. The van der Waals surface area contributed by atoms with E-state index >= 15 is 0 Å². The maximum atomic E-state index is 11.7. The van der Waals surface area contributed by atoms with Gasteiger partial charge >= 0.3 is 0 Å². The smallest absolute Gasteiger partial charge is 0.250 e. The van der Waals surface area contributed by atoms with Crippen molar-refractivity contribution in [1.29, 1.82) is 0 Å².